The van der Waals surface area contributed by atoms with Crippen molar-refractivity contribution >= 4 is 17.6 Å². The number of benzene rings is 1. The number of aromatic nitrogens is 2. The Hall–Kier alpha value is -1.79. The van der Waals surface area contributed by atoms with Gasteiger partial charge in [0.2, 0.25) is 5.89 Å². The maximum Gasteiger partial charge on any atom is 0.318 e. The summed E-state index contributed by atoms with van der Waals surface area (Å²) in [5.41, 5.74) is 6.51. The van der Waals surface area contributed by atoms with Crippen molar-refractivity contribution in [2.45, 2.75) is 13.5 Å². The van der Waals surface area contributed by atoms with Crippen LogP contribution in [0.2, 0.25) is 5.02 Å². The van der Waals surface area contributed by atoms with Crippen molar-refractivity contribution < 1.29 is 9.15 Å². The van der Waals surface area contributed by atoms with Gasteiger partial charge < -0.3 is 19.8 Å². The molecule has 0 aliphatic rings. The minimum Gasteiger partial charge on any atom is -0.490 e. The Bertz CT molecular complexity index is 573. The molecular weight excluding hydrogens is 280 g/mol. The van der Waals surface area contributed by atoms with E-state index in [0.717, 1.165) is 5.56 Å². The molecule has 0 saturated carbocycles. The first-order chi connectivity index (χ1) is 9.60. The average molecular weight is 297 g/mol. The zero-order valence-electron chi connectivity index (χ0n) is 11.5. The van der Waals surface area contributed by atoms with Crippen LogP contribution in [-0.4, -0.2) is 30.4 Å². The second kappa shape index (κ2) is 6.58. The fraction of sp³-hybridized carbons (Fsp3) is 0.385. The Balaban J connectivity index is 1.86. The van der Waals surface area contributed by atoms with Gasteiger partial charge in [-0.1, -0.05) is 22.8 Å². The van der Waals surface area contributed by atoms with Crippen LogP contribution in [0.1, 0.15) is 11.5 Å². The second-order valence-electron chi connectivity index (χ2n) is 4.39. The first-order valence-corrected chi connectivity index (χ1v) is 6.60. The zero-order valence-corrected chi connectivity index (χ0v) is 12.2. The van der Waals surface area contributed by atoms with E-state index in [1.165, 1.54) is 0 Å². The Labute approximate surface area is 122 Å². The molecule has 20 heavy (non-hydrogen) atoms. The maximum atomic E-state index is 6.09. The smallest absolute Gasteiger partial charge is 0.318 e. The summed E-state index contributed by atoms with van der Waals surface area (Å²) in [6.45, 7) is 3.26. The van der Waals surface area contributed by atoms with E-state index < -0.39 is 0 Å². The number of nitrogens with two attached hydrogens (primary N) is 1. The quantitative estimate of drug-likeness (QED) is 0.878. The third-order valence-electron chi connectivity index (χ3n) is 2.73. The van der Waals surface area contributed by atoms with Crippen molar-refractivity contribution in [2.24, 2.45) is 5.73 Å². The van der Waals surface area contributed by atoms with Crippen LogP contribution in [0.3, 0.4) is 0 Å². The van der Waals surface area contributed by atoms with E-state index in [0.29, 0.717) is 35.8 Å². The summed E-state index contributed by atoms with van der Waals surface area (Å²) in [4.78, 5) is 1.80. The summed E-state index contributed by atoms with van der Waals surface area (Å²) in [5.74, 6) is 1.08. The van der Waals surface area contributed by atoms with Crippen molar-refractivity contribution in [3.05, 3.63) is 34.7 Å². The molecule has 0 unspecified atom stereocenters. The third kappa shape index (κ3) is 3.61. The van der Waals surface area contributed by atoms with Crippen molar-refractivity contribution in [2.75, 3.05) is 25.1 Å². The average Bonchev–Trinajstić information content (AvgIpc) is 2.90. The summed E-state index contributed by atoms with van der Waals surface area (Å²) in [6, 6.07) is 6.10. The van der Waals surface area contributed by atoms with E-state index in [-0.39, 0.29) is 6.54 Å². The first kappa shape index (κ1) is 14.6. The van der Waals surface area contributed by atoms with Gasteiger partial charge in [0, 0.05) is 7.05 Å². The van der Waals surface area contributed by atoms with Crippen LogP contribution in [0.15, 0.2) is 22.6 Å². The highest BCUT2D eigenvalue weighted by Crippen LogP contribution is 2.25. The monoisotopic (exact) mass is 296 g/mol. The van der Waals surface area contributed by atoms with Crippen LogP contribution in [0.25, 0.3) is 0 Å². The number of anilines is 1. The minimum atomic E-state index is 0.232. The predicted octanol–water partition coefficient (Wildman–Crippen LogP) is 2.01. The molecule has 0 aliphatic heterocycles. The van der Waals surface area contributed by atoms with Crippen LogP contribution in [0.5, 0.6) is 5.75 Å². The molecule has 7 heteroatoms. The summed E-state index contributed by atoms with van der Waals surface area (Å²) >= 11 is 6.09. The molecule has 108 valence electrons. The molecule has 0 aliphatic carbocycles. The third-order valence-corrected chi connectivity index (χ3v) is 3.02. The van der Waals surface area contributed by atoms with E-state index in [9.17, 15) is 0 Å². The molecule has 1 aromatic heterocycles. The largest absolute Gasteiger partial charge is 0.490 e. The lowest BCUT2D eigenvalue weighted by Gasteiger charge is -2.15. The molecule has 0 radical (unpaired) electrons. The number of hydrogen-bond acceptors (Lipinski definition) is 6. The SMILES string of the molecule is Cc1ccc(OCCN(C)c2nnc(CN)o2)c(Cl)c1. The Morgan fingerprint density at radius 2 is 2.20 bits per heavy atom. The van der Waals surface area contributed by atoms with Crippen molar-refractivity contribution in [1.82, 2.24) is 10.2 Å². The number of ether oxygens (including phenoxy) is 1. The molecule has 0 saturated heterocycles. The van der Waals surface area contributed by atoms with E-state index in [2.05, 4.69) is 10.2 Å². The maximum absolute atomic E-state index is 6.09. The molecule has 0 atom stereocenters. The van der Waals surface area contributed by atoms with Gasteiger partial charge in [0.05, 0.1) is 18.1 Å². The highest BCUT2D eigenvalue weighted by Gasteiger charge is 2.10. The van der Waals surface area contributed by atoms with Gasteiger partial charge in [-0.2, -0.15) is 0 Å². The number of rotatable bonds is 6. The van der Waals surface area contributed by atoms with Crippen LogP contribution in [-0.2, 0) is 6.54 Å². The van der Waals surface area contributed by atoms with Gasteiger partial charge in [-0.3, -0.25) is 0 Å². The number of nitrogens with zero attached hydrogens (tertiary/aromatic N) is 3. The van der Waals surface area contributed by atoms with Gasteiger partial charge >= 0.3 is 6.01 Å². The lowest BCUT2D eigenvalue weighted by atomic mass is 10.2. The van der Waals surface area contributed by atoms with Gasteiger partial charge in [-0.05, 0) is 24.6 Å². The molecule has 0 amide bonds. The van der Waals surface area contributed by atoms with Gasteiger partial charge in [-0.15, -0.1) is 5.10 Å². The normalized spacial score (nSPS) is 10.6. The molecule has 1 heterocycles. The number of hydrogen-bond donors (Lipinski definition) is 1. The molecule has 1 aromatic carbocycles. The summed E-state index contributed by atoms with van der Waals surface area (Å²) in [6.07, 6.45) is 0. The summed E-state index contributed by atoms with van der Waals surface area (Å²) < 4.78 is 11.0. The van der Waals surface area contributed by atoms with Crippen molar-refractivity contribution in [3.63, 3.8) is 0 Å². The molecule has 0 fully saturated rings. The van der Waals surface area contributed by atoms with Crippen LogP contribution >= 0.6 is 11.6 Å². The standard InChI is InChI=1S/C13H17ClN4O2/c1-9-3-4-11(10(14)7-9)19-6-5-18(2)13-17-16-12(8-15)20-13/h3-4,7H,5-6,8,15H2,1-2H3. The van der Waals surface area contributed by atoms with E-state index in [4.69, 9.17) is 26.5 Å². The minimum absolute atomic E-state index is 0.232. The van der Waals surface area contributed by atoms with E-state index in [1.54, 1.807) is 4.90 Å². The number of halogens is 1. The lowest BCUT2D eigenvalue weighted by Crippen LogP contribution is -2.24. The topological polar surface area (TPSA) is 77.4 Å². The van der Waals surface area contributed by atoms with Crippen molar-refractivity contribution in [1.29, 1.82) is 0 Å². The zero-order chi connectivity index (χ0) is 14.5. The van der Waals surface area contributed by atoms with E-state index >= 15 is 0 Å². The second-order valence-corrected chi connectivity index (χ2v) is 4.79. The number of likely N-dealkylation sites (N-methyl/N-ethyl adjacent to an activating group) is 1. The predicted molar refractivity (Wildman–Crippen MR) is 77.1 cm³/mol. The summed E-state index contributed by atoms with van der Waals surface area (Å²) in [7, 11) is 1.84. The molecule has 0 bridgehead atoms. The Kier molecular flexibility index (Phi) is 4.81. The van der Waals surface area contributed by atoms with Gasteiger partial charge in [-0.25, -0.2) is 0 Å². The first-order valence-electron chi connectivity index (χ1n) is 6.22. The molecule has 6 nitrogen and oxygen atoms in total. The molecule has 2 N–H and O–H groups in total. The van der Waals surface area contributed by atoms with Crippen LogP contribution in [0, 0.1) is 6.92 Å². The molecular formula is C13H17ClN4O2. The van der Waals surface area contributed by atoms with Gasteiger partial charge in [0.15, 0.2) is 0 Å². The molecule has 2 aromatic rings. The lowest BCUT2D eigenvalue weighted by molar-refractivity contribution is 0.322. The Morgan fingerprint density at radius 1 is 1.40 bits per heavy atom. The fourth-order valence-corrected chi connectivity index (χ4v) is 1.88. The van der Waals surface area contributed by atoms with Crippen molar-refractivity contribution in [3.8, 4) is 5.75 Å². The highest BCUT2D eigenvalue weighted by molar-refractivity contribution is 6.32. The van der Waals surface area contributed by atoms with Gasteiger partial charge in [0.25, 0.3) is 0 Å². The van der Waals surface area contributed by atoms with E-state index in [1.807, 2.05) is 32.2 Å². The fourth-order valence-electron chi connectivity index (χ4n) is 1.59. The van der Waals surface area contributed by atoms with Gasteiger partial charge in [0.1, 0.15) is 12.4 Å². The van der Waals surface area contributed by atoms with Crippen LogP contribution in [0.4, 0.5) is 6.01 Å². The van der Waals surface area contributed by atoms with Crippen LogP contribution < -0.4 is 15.4 Å². The number of aryl methyl sites for hydroxylation is 1. The highest BCUT2D eigenvalue weighted by atomic mass is 35.5. The molecule has 0 spiro atoms. The Morgan fingerprint density at radius 3 is 2.85 bits per heavy atom. The summed E-state index contributed by atoms with van der Waals surface area (Å²) in [5, 5.41) is 8.30. The molecule has 2 rings (SSSR count).